The van der Waals surface area contributed by atoms with E-state index in [4.69, 9.17) is 0 Å². The lowest BCUT2D eigenvalue weighted by Crippen LogP contribution is -2.19. The van der Waals surface area contributed by atoms with E-state index in [0.29, 0.717) is 23.3 Å². The number of hydrogen-bond acceptors (Lipinski definition) is 1. The van der Waals surface area contributed by atoms with Gasteiger partial charge in [-0.05, 0) is 47.0 Å². The average Bonchev–Trinajstić information content (AvgIpc) is 2.58. The maximum absolute atomic E-state index is 14.4. The third kappa shape index (κ3) is 4.21. The van der Waals surface area contributed by atoms with Crippen LogP contribution in [-0.2, 0) is 0 Å². The van der Waals surface area contributed by atoms with Crippen molar-refractivity contribution in [1.29, 1.82) is 0 Å². The highest BCUT2D eigenvalue weighted by Crippen LogP contribution is 2.34. The Morgan fingerprint density at radius 2 is 1.11 bits per heavy atom. The van der Waals surface area contributed by atoms with Crippen LogP contribution in [0.15, 0.2) is 54.6 Å². The second-order valence-electron chi connectivity index (χ2n) is 5.52. The van der Waals surface area contributed by atoms with Crippen LogP contribution in [-0.4, -0.2) is 6.36 Å². The van der Waals surface area contributed by atoms with Gasteiger partial charge in [-0.25, -0.2) is 17.6 Å². The van der Waals surface area contributed by atoms with Crippen molar-refractivity contribution in [3.8, 4) is 28.0 Å². The SMILES string of the molecule is Fc1ccc(-c2ccc(-c3cc(F)c(OC(F)(F)F)c(F)c3)c(F)c2)cc1. The molecule has 0 unspecified atom stereocenters. The molecule has 140 valence electrons. The van der Waals surface area contributed by atoms with Gasteiger partial charge in [0.1, 0.15) is 11.6 Å². The third-order valence-electron chi connectivity index (χ3n) is 3.67. The molecule has 0 bridgehead atoms. The molecule has 8 heteroatoms. The first-order valence-corrected chi connectivity index (χ1v) is 7.45. The average molecular weight is 386 g/mol. The number of alkyl halides is 3. The van der Waals surface area contributed by atoms with Gasteiger partial charge in [-0.1, -0.05) is 24.3 Å². The first-order chi connectivity index (χ1) is 12.6. The predicted octanol–water partition coefficient (Wildman–Crippen LogP) is 6.48. The minimum Gasteiger partial charge on any atom is -0.399 e. The lowest BCUT2D eigenvalue weighted by atomic mass is 9.99. The molecule has 0 atom stereocenters. The van der Waals surface area contributed by atoms with E-state index in [9.17, 15) is 30.7 Å². The zero-order chi connectivity index (χ0) is 19.8. The Bertz CT molecular complexity index is 955. The summed E-state index contributed by atoms with van der Waals surface area (Å²) in [7, 11) is 0. The standard InChI is InChI=1S/C19H9F7O/c20-13-4-1-10(2-5-13)11-3-6-14(15(21)7-11)12-8-16(22)18(17(23)9-12)27-19(24,25)26/h1-9H. The molecule has 0 heterocycles. The highest BCUT2D eigenvalue weighted by Gasteiger charge is 2.34. The second kappa shape index (κ2) is 6.94. The van der Waals surface area contributed by atoms with Gasteiger partial charge in [-0.3, -0.25) is 0 Å². The van der Waals surface area contributed by atoms with Crippen LogP contribution in [0.5, 0.6) is 5.75 Å². The van der Waals surface area contributed by atoms with Gasteiger partial charge in [0.05, 0.1) is 0 Å². The van der Waals surface area contributed by atoms with Crippen LogP contribution < -0.4 is 4.74 Å². The van der Waals surface area contributed by atoms with Crippen LogP contribution in [0.2, 0.25) is 0 Å². The number of ether oxygens (including phenoxy) is 1. The molecule has 1 nitrogen and oxygen atoms in total. The largest absolute Gasteiger partial charge is 0.573 e. The molecule has 0 aliphatic rings. The Kier molecular flexibility index (Phi) is 4.82. The van der Waals surface area contributed by atoms with E-state index >= 15 is 0 Å². The van der Waals surface area contributed by atoms with Crippen molar-refractivity contribution >= 4 is 0 Å². The van der Waals surface area contributed by atoms with E-state index in [2.05, 4.69) is 4.74 Å². The molecule has 0 aliphatic heterocycles. The lowest BCUT2D eigenvalue weighted by Gasteiger charge is -2.12. The number of hydrogen-bond donors (Lipinski definition) is 0. The molecule has 3 aromatic carbocycles. The Morgan fingerprint density at radius 3 is 1.63 bits per heavy atom. The van der Waals surface area contributed by atoms with Crippen LogP contribution in [0.25, 0.3) is 22.3 Å². The zero-order valence-electron chi connectivity index (χ0n) is 13.3. The molecule has 27 heavy (non-hydrogen) atoms. The summed E-state index contributed by atoms with van der Waals surface area (Å²) < 4.78 is 94.8. The van der Waals surface area contributed by atoms with Crippen molar-refractivity contribution in [2.24, 2.45) is 0 Å². The molecule has 0 saturated heterocycles. The monoisotopic (exact) mass is 386 g/mol. The maximum Gasteiger partial charge on any atom is 0.573 e. The molecule has 0 spiro atoms. The summed E-state index contributed by atoms with van der Waals surface area (Å²) in [4.78, 5) is 0. The van der Waals surface area contributed by atoms with Crippen molar-refractivity contribution in [3.05, 3.63) is 77.9 Å². The minimum absolute atomic E-state index is 0.225. The van der Waals surface area contributed by atoms with Gasteiger partial charge in [0, 0.05) is 5.56 Å². The number of rotatable bonds is 3. The molecule has 0 saturated carbocycles. The summed E-state index contributed by atoms with van der Waals surface area (Å²) in [5.74, 6) is -6.19. The van der Waals surface area contributed by atoms with Gasteiger partial charge in [0.2, 0.25) is 5.75 Å². The van der Waals surface area contributed by atoms with Gasteiger partial charge in [0.25, 0.3) is 0 Å². The maximum atomic E-state index is 14.4. The normalized spacial score (nSPS) is 11.5. The summed E-state index contributed by atoms with van der Waals surface area (Å²) >= 11 is 0. The van der Waals surface area contributed by atoms with Crippen molar-refractivity contribution in [2.75, 3.05) is 0 Å². The van der Waals surface area contributed by atoms with E-state index < -0.39 is 35.4 Å². The molecular formula is C19H9F7O. The van der Waals surface area contributed by atoms with Crippen molar-refractivity contribution in [2.45, 2.75) is 6.36 Å². The molecular weight excluding hydrogens is 377 g/mol. The molecule has 0 N–H and O–H groups in total. The van der Waals surface area contributed by atoms with Crippen LogP contribution in [0.1, 0.15) is 0 Å². The van der Waals surface area contributed by atoms with Gasteiger partial charge >= 0.3 is 6.36 Å². The van der Waals surface area contributed by atoms with Crippen molar-refractivity contribution < 1.29 is 35.5 Å². The first kappa shape index (κ1) is 18.8. The van der Waals surface area contributed by atoms with E-state index in [-0.39, 0.29) is 11.1 Å². The van der Waals surface area contributed by atoms with E-state index in [1.54, 1.807) is 0 Å². The Balaban J connectivity index is 1.98. The van der Waals surface area contributed by atoms with Gasteiger partial charge < -0.3 is 4.74 Å². The van der Waals surface area contributed by atoms with Crippen LogP contribution in [0.3, 0.4) is 0 Å². The third-order valence-corrected chi connectivity index (χ3v) is 3.67. The Hall–Kier alpha value is -3.03. The number of halogens is 7. The Labute approximate surface area is 148 Å². The summed E-state index contributed by atoms with van der Waals surface area (Å²) in [5.41, 5.74) is 0.363. The topological polar surface area (TPSA) is 9.23 Å². The Morgan fingerprint density at radius 1 is 0.593 bits per heavy atom. The smallest absolute Gasteiger partial charge is 0.399 e. The van der Waals surface area contributed by atoms with Crippen LogP contribution in [0, 0.1) is 23.3 Å². The molecule has 3 rings (SSSR count). The molecule has 0 radical (unpaired) electrons. The summed E-state index contributed by atoms with van der Waals surface area (Å²) in [6.07, 6.45) is -5.27. The second-order valence-corrected chi connectivity index (χ2v) is 5.52. The molecule has 0 fully saturated rings. The van der Waals surface area contributed by atoms with Gasteiger partial charge in [-0.2, -0.15) is 0 Å². The van der Waals surface area contributed by atoms with E-state index in [1.807, 2.05) is 0 Å². The highest BCUT2D eigenvalue weighted by atomic mass is 19.4. The molecule has 0 amide bonds. The number of benzene rings is 3. The summed E-state index contributed by atoms with van der Waals surface area (Å²) in [6, 6.07) is 10.0. The van der Waals surface area contributed by atoms with Crippen LogP contribution >= 0.6 is 0 Å². The summed E-state index contributed by atoms with van der Waals surface area (Å²) in [6.45, 7) is 0. The van der Waals surface area contributed by atoms with Crippen molar-refractivity contribution in [1.82, 2.24) is 0 Å². The van der Waals surface area contributed by atoms with Crippen molar-refractivity contribution in [3.63, 3.8) is 0 Å². The van der Waals surface area contributed by atoms with E-state index in [1.165, 1.54) is 36.4 Å². The fourth-order valence-electron chi connectivity index (χ4n) is 2.50. The molecule has 0 aromatic heterocycles. The lowest BCUT2D eigenvalue weighted by molar-refractivity contribution is -0.276. The first-order valence-electron chi connectivity index (χ1n) is 7.45. The van der Waals surface area contributed by atoms with Gasteiger partial charge in [0.15, 0.2) is 11.6 Å². The quantitative estimate of drug-likeness (QED) is 0.469. The van der Waals surface area contributed by atoms with Crippen LogP contribution in [0.4, 0.5) is 30.7 Å². The predicted molar refractivity (Wildman–Crippen MR) is 83.8 cm³/mol. The summed E-state index contributed by atoms with van der Waals surface area (Å²) in [5, 5.41) is 0. The zero-order valence-corrected chi connectivity index (χ0v) is 13.3. The molecule has 0 aliphatic carbocycles. The highest BCUT2D eigenvalue weighted by molar-refractivity contribution is 5.71. The molecule has 3 aromatic rings. The van der Waals surface area contributed by atoms with E-state index in [0.717, 1.165) is 6.07 Å². The fraction of sp³-hybridized carbons (Fsp3) is 0.0526. The fourth-order valence-corrected chi connectivity index (χ4v) is 2.50. The minimum atomic E-state index is -5.27. The van der Waals surface area contributed by atoms with Gasteiger partial charge in [-0.15, -0.1) is 13.2 Å².